The van der Waals surface area contributed by atoms with Crippen LogP contribution in [-0.2, 0) is 27.9 Å². The Hall–Kier alpha value is -0.500. The van der Waals surface area contributed by atoms with Crippen LogP contribution in [-0.4, -0.2) is 49.9 Å². The Morgan fingerprint density at radius 1 is 0.542 bits per heavy atom. The summed E-state index contributed by atoms with van der Waals surface area (Å²) in [7, 11) is -4.26. The summed E-state index contributed by atoms with van der Waals surface area (Å²) in [6.45, 7) is 4.96. The van der Waals surface area contributed by atoms with Gasteiger partial charge in [-0.1, -0.05) is 187 Å². The van der Waals surface area contributed by atoms with Crippen molar-refractivity contribution in [3.8, 4) is 0 Å². The maximum Gasteiger partial charge on any atom is 0.472 e. The van der Waals surface area contributed by atoms with Gasteiger partial charge in [0.2, 0.25) is 0 Å². The van der Waals surface area contributed by atoms with Gasteiger partial charge in [-0.3, -0.25) is 13.8 Å². The summed E-state index contributed by atoms with van der Waals surface area (Å²) < 4.78 is 33.3. The second-order valence-electron chi connectivity index (χ2n) is 13.9. The number of hydrogen-bond donors (Lipinski definition) is 2. The minimum atomic E-state index is -4.26. The minimum absolute atomic E-state index is 0.0904. The van der Waals surface area contributed by atoms with Gasteiger partial charge in [0.15, 0.2) is 0 Å². The number of rotatable bonds is 40. The van der Waals surface area contributed by atoms with E-state index in [9.17, 15) is 14.3 Å². The van der Waals surface area contributed by atoms with E-state index in [1.807, 2.05) is 0 Å². The molecule has 0 saturated heterocycles. The van der Waals surface area contributed by atoms with Crippen LogP contribution in [0.2, 0.25) is 0 Å². The number of phosphoric acid groups is 1. The fourth-order valence-electron chi connectivity index (χ4n) is 6.00. The number of unbranched alkanes of at least 4 members (excludes halogenated alkanes) is 27. The van der Waals surface area contributed by atoms with E-state index >= 15 is 0 Å². The highest BCUT2D eigenvalue weighted by atomic mass is 31.2. The maximum atomic E-state index is 12.5. The Kier molecular flexibility index (Phi) is 37.4. The van der Waals surface area contributed by atoms with Crippen molar-refractivity contribution >= 4 is 13.8 Å². The third kappa shape index (κ3) is 36.8. The van der Waals surface area contributed by atoms with Gasteiger partial charge in [-0.25, -0.2) is 4.57 Å². The molecule has 0 amide bonds. The van der Waals surface area contributed by atoms with Crippen molar-refractivity contribution in [3.63, 3.8) is 0 Å². The van der Waals surface area contributed by atoms with Crippen molar-refractivity contribution in [2.75, 3.05) is 33.0 Å². The standard InChI is InChI=1S/C39H80NO7P/c1-3-5-7-9-11-13-15-16-17-18-19-20-21-22-23-24-26-28-30-32-39(41)47-38(37-46-48(42,43)45-35-33-40)36-44-34-31-29-27-25-14-12-10-8-6-4-2/h38H,3-37,40H2,1-2H3,(H,42,43). The predicted octanol–water partition coefficient (Wildman–Crippen LogP) is 11.7. The molecule has 8 nitrogen and oxygen atoms in total. The molecule has 0 saturated carbocycles. The molecule has 9 heteroatoms. The minimum Gasteiger partial charge on any atom is -0.457 e. The molecule has 288 valence electrons. The molecule has 0 spiro atoms. The van der Waals surface area contributed by atoms with Gasteiger partial charge in [-0.15, -0.1) is 0 Å². The quantitative estimate of drug-likeness (QED) is 0.0367. The summed E-state index contributed by atoms with van der Waals surface area (Å²) in [4.78, 5) is 22.4. The lowest BCUT2D eigenvalue weighted by atomic mass is 10.0. The van der Waals surface area contributed by atoms with Crippen LogP contribution in [0.25, 0.3) is 0 Å². The topological polar surface area (TPSA) is 117 Å². The first kappa shape index (κ1) is 47.5. The number of esters is 1. The molecule has 0 heterocycles. The Morgan fingerprint density at radius 3 is 1.31 bits per heavy atom. The van der Waals surface area contributed by atoms with E-state index in [-0.39, 0.29) is 32.3 Å². The number of carbonyl (C=O) groups is 1. The molecule has 0 aliphatic heterocycles. The van der Waals surface area contributed by atoms with Crippen LogP contribution in [0.4, 0.5) is 0 Å². The van der Waals surface area contributed by atoms with Crippen LogP contribution in [0.1, 0.15) is 206 Å². The second-order valence-corrected chi connectivity index (χ2v) is 15.3. The Balaban J connectivity index is 3.94. The first-order chi connectivity index (χ1) is 23.4. The third-order valence-corrected chi connectivity index (χ3v) is 10.0. The molecular formula is C39H80NO7P. The van der Waals surface area contributed by atoms with Crippen LogP contribution in [0, 0.1) is 0 Å². The first-order valence-electron chi connectivity index (χ1n) is 20.5. The molecular weight excluding hydrogens is 625 g/mol. The fraction of sp³-hybridized carbons (Fsp3) is 0.974. The largest absolute Gasteiger partial charge is 0.472 e. The van der Waals surface area contributed by atoms with Gasteiger partial charge in [0.25, 0.3) is 0 Å². The predicted molar refractivity (Wildman–Crippen MR) is 201 cm³/mol. The monoisotopic (exact) mass is 706 g/mol. The molecule has 2 unspecified atom stereocenters. The highest BCUT2D eigenvalue weighted by Crippen LogP contribution is 2.43. The number of hydrogen-bond acceptors (Lipinski definition) is 7. The third-order valence-electron chi connectivity index (χ3n) is 9.02. The van der Waals surface area contributed by atoms with E-state index in [2.05, 4.69) is 13.8 Å². The Bertz CT molecular complexity index is 712. The van der Waals surface area contributed by atoms with E-state index in [0.717, 1.165) is 32.1 Å². The van der Waals surface area contributed by atoms with Crippen molar-refractivity contribution in [1.29, 1.82) is 0 Å². The van der Waals surface area contributed by atoms with Crippen LogP contribution in [0.3, 0.4) is 0 Å². The molecule has 0 bridgehead atoms. The van der Waals surface area contributed by atoms with Crippen LogP contribution < -0.4 is 5.73 Å². The number of phosphoric ester groups is 1. The summed E-state index contributed by atoms with van der Waals surface area (Å²) in [6.07, 6.45) is 36.9. The number of ether oxygens (including phenoxy) is 2. The molecule has 2 atom stereocenters. The summed E-state index contributed by atoms with van der Waals surface area (Å²) in [5.41, 5.74) is 5.35. The lowest BCUT2D eigenvalue weighted by molar-refractivity contribution is -0.154. The molecule has 0 aliphatic rings. The van der Waals surface area contributed by atoms with Gasteiger partial charge in [-0.2, -0.15) is 0 Å². The van der Waals surface area contributed by atoms with Gasteiger partial charge in [-0.05, 0) is 12.8 Å². The van der Waals surface area contributed by atoms with Crippen LogP contribution in [0.15, 0.2) is 0 Å². The van der Waals surface area contributed by atoms with E-state index in [0.29, 0.717) is 13.0 Å². The average Bonchev–Trinajstić information content (AvgIpc) is 3.07. The van der Waals surface area contributed by atoms with E-state index in [4.69, 9.17) is 24.3 Å². The normalized spacial score (nSPS) is 13.5. The van der Waals surface area contributed by atoms with Crippen molar-refractivity contribution < 1.29 is 32.8 Å². The van der Waals surface area contributed by atoms with Crippen molar-refractivity contribution in [3.05, 3.63) is 0 Å². The average molecular weight is 706 g/mol. The van der Waals surface area contributed by atoms with E-state index in [1.54, 1.807) is 0 Å². The molecule has 0 aromatic heterocycles. The molecule has 0 aromatic rings. The van der Waals surface area contributed by atoms with Crippen molar-refractivity contribution in [2.45, 2.75) is 213 Å². The highest BCUT2D eigenvalue weighted by Gasteiger charge is 2.25. The second kappa shape index (κ2) is 37.7. The number of nitrogens with two attached hydrogens (primary N) is 1. The zero-order valence-electron chi connectivity index (χ0n) is 31.7. The van der Waals surface area contributed by atoms with Crippen LogP contribution in [0.5, 0.6) is 0 Å². The maximum absolute atomic E-state index is 12.5. The lowest BCUT2D eigenvalue weighted by Crippen LogP contribution is -2.28. The van der Waals surface area contributed by atoms with Gasteiger partial charge < -0.3 is 20.1 Å². The zero-order valence-corrected chi connectivity index (χ0v) is 32.6. The van der Waals surface area contributed by atoms with E-state index < -0.39 is 13.9 Å². The van der Waals surface area contributed by atoms with Crippen molar-refractivity contribution in [1.82, 2.24) is 0 Å². The summed E-state index contributed by atoms with van der Waals surface area (Å²) in [5, 5.41) is 0. The molecule has 0 fully saturated rings. The van der Waals surface area contributed by atoms with Gasteiger partial charge in [0.05, 0.1) is 19.8 Å². The Labute approximate surface area is 297 Å². The summed E-state index contributed by atoms with van der Waals surface area (Å²) in [5.74, 6) is -0.325. The number of carbonyl (C=O) groups excluding carboxylic acids is 1. The molecule has 0 rings (SSSR count). The SMILES string of the molecule is CCCCCCCCCCCCCCCCCCCCCC(=O)OC(COCCCCCCCCCCCC)COP(=O)(O)OCCN. The molecule has 0 radical (unpaired) electrons. The molecule has 3 N–H and O–H groups in total. The summed E-state index contributed by atoms with van der Waals surface area (Å²) >= 11 is 0. The lowest BCUT2D eigenvalue weighted by Gasteiger charge is -2.20. The van der Waals surface area contributed by atoms with E-state index in [1.165, 1.54) is 154 Å². The van der Waals surface area contributed by atoms with Gasteiger partial charge in [0, 0.05) is 19.6 Å². The fourth-order valence-corrected chi connectivity index (χ4v) is 6.76. The zero-order chi connectivity index (χ0) is 35.2. The van der Waals surface area contributed by atoms with Gasteiger partial charge >= 0.3 is 13.8 Å². The Morgan fingerprint density at radius 2 is 0.917 bits per heavy atom. The highest BCUT2D eigenvalue weighted by molar-refractivity contribution is 7.47. The molecule has 48 heavy (non-hydrogen) atoms. The molecule has 0 aromatic carbocycles. The first-order valence-corrected chi connectivity index (χ1v) is 22.0. The van der Waals surface area contributed by atoms with Crippen LogP contribution >= 0.6 is 7.82 Å². The smallest absolute Gasteiger partial charge is 0.457 e. The van der Waals surface area contributed by atoms with Gasteiger partial charge in [0.1, 0.15) is 6.10 Å². The molecule has 0 aliphatic carbocycles. The van der Waals surface area contributed by atoms with Crippen molar-refractivity contribution in [2.24, 2.45) is 5.73 Å². The summed E-state index contributed by atoms with van der Waals surface area (Å²) in [6, 6.07) is 0.